The number of nitrogens with zero attached hydrogens (tertiary/aromatic N) is 1. The summed E-state index contributed by atoms with van der Waals surface area (Å²) in [6.07, 6.45) is 1.51. The van der Waals surface area contributed by atoms with Gasteiger partial charge in [0.15, 0.2) is 18.1 Å². The highest BCUT2D eigenvalue weighted by molar-refractivity contribution is 5.81. The minimum absolute atomic E-state index is 0.0860. The Balaban J connectivity index is 1.90. The van der Waals surface area contributed by atoms with Crippen molar-refractivity contribution < 1.29 is 19.1 Å². The van der Waals surface area contributed by atoms with E-state index in [1.54, 1.807) is 24.1 Å². The van der Waals surface area contributed by atoms with Gasteiger partial charge in [0.05, 0.1) is 13.0 Å². The van der Waals surface area contributed by atoms with E-state index < -0.39 is 0 Å². The summed E-state index contributed by atoms with van der Waals surface area (Å²) in [4.78, 5) is 25.4. The third-order valence-electron chi connectivity index (χ3n) is 3.71. The van der Waals surface area contributed by atoms with Crippen LogP contribution in [0.3, 0.4) is 0 Å². The van der Waals surface area contributed by atoms with E-state index in [0.717, 1.165) is 12.8 Å². The van der Waals surface area contributed by atoms with Crippen molar-refractivity contribution in [3.63, 3.8) is 0 Å². The number of hydrazine groups is 1. The lowest BCUT2D eigenvalue weighted by Crippen LogP contribution is -2.48. The molecule has 0 aliphatic carbocycles. The average Bonchev–Trinajstić information content (AvgIpc) is 2.59. The molecule has 3 N–H and O–H groups in total. The smallest absolute Gasteiger partial charge is 0.260 e. The van der Waals surface area contributed by atoms with E-state index in [9.17, 15) is 9.59 Å². The van der Waals surface area contributed by atoms with Crippen molar-refractivity contribution in [3.8, 4) is 11.5 Å². The van der Waals surface area contributed by atoms with E-state index in [1.807, 2.05) is 12.1 Å². The van der Waals surface area contributed by atoms with Crippen LogP contribution in [0, 0.1) is 5.92 Å². The summed E-state index contributed by atoms with van der Waals surface area (Å²) in [6.45, 7) is 0.914. The molecule has 1 aromatic rings. The van der Waals surface area contributed by atoms with Gasteiger partial charge >= 0.3 is 0 Å². The molecule has 1 aliphatic rings. The number of rotatable bonds is 5. The summed E-state index contributed by atoms with van der Waals surface area (Å²) in [7, 11) is 1.55. The number of piperidine rings is 1. The van der Waals surface area contributed by atoms with Crippen LogP contribution in [0.15, 0.2) is 24.3 Å². The van der Waals surface area contributed by atoms with Crippen LogP contribution in [-0.4, -0.2) is 43.5 Å². The highest BCUT2D eigenvalue weighted by atomic mass is 16.5. The number of nitrogens with one attached hydrogen (secondary N) is 1. The van der Waals surface area contributed by atoms with Crippen LogP contribution < -0.4 is 20.7 Å². The Morgan fingerprint density at radius 1 is 1.36 bits per heavy atom. The molecule has 7 nitrogen and oxygen atoms in total. The highest BCUT2D eigenvalue weighted by Crippen LogP contribution is 2.26. The molecule has 22 heavy (non-hydrogen) atoms. The van der Waals surface area contributed by atoms with Crippen LogP contribution >= 0.6 is 0 Å². The van der Waals surface area contributed by atoms with Gasteiger partial charge in [-0.2, -0.15) is 0 Å². The molecule has 1 fully saturated rings. The molecule has 2 amide bonds. The predicted octanol–water partition coefficient (Wildman–Crippen LogP) is 0.303. The Kier molecular flexibility index (Phi) is 5.60. The fourth-order valence-corrected chi connectivity index (χ4v) is 2.50. The standard InChI is InChI=1S/C15H21N3O4/c1-21-12-6-2-3-7-13(12)22-10-14(19)18-8-4-5-11(9-18)15(20)17-16/h2-3,6-7,11H,4-5,8-10,16H2,1H3,(H,17,20). The third-order valence-corrected chi connectivity index (χ3v) is 3.71. The molecule has 1 saturated heterocycles. The number of ether oxygens (including phenoxy) is 2. The molecule has 0 spiro atoms. The molecule has 7 heteroatoms. The topological polar surface area (TPSA) is 93.9 Å². The zero-order valence-electron chi connectivity index (χ0n) is 12.6. The van der Waals surface area contributed by atoms with E-state index in [4.69, 9.17) is 15.3 Å². The van der Waals surface area contributed by atoms with Gasteiger partial charge in [-0.15, -0.1) is 0 Å². The highest BCUT2D eigenvalue weighted by Gasteiger charge is 2.28. The summed E-state index contributed by atoms with van der Waals surface area (Å²) < 4.78 is 10.7. The number of methoxy groups -OCH3 is 1. The van der Waals surface area contributed by atoms with Crippen LogP contribution in [0.5, 0.6) is 11.5 Å². The zero-order valence-corrected chi connectivity index (χ0v) is 12.6. The second-order valence-electron chi connectivity index (χ2n) is 5.13. The van der Waals surface area contributed by atoms with Crippen LogP contribution in [0.4, 0.5) is 0 Å². The maximum Gasteiger partial charge on any atom is 0.260 e. The molecule has 1 atom stereocenters. The molecule has 0 aromatic heterocycles. The molecular weight excluding hydrogens is 286 g/mol. The normalized spacial score (nSPS) is 17.7. The lowest BCUT2D eigenvalue weighted by molar-refractivity contribution is -0.137. The fourth-order valence-electron chi connectivity index (χ4n) is 2.50. The van der Waals surface area contributed by atoms with E-state index in [0.29, 0.717) is 24.6 Å². The number of hydrogen-bond acceptors (Lipinski definition) is 5. The molecule has 2 rings (SSSR count). The number of amides is 2. The summed E-state index contributed by atoms with van der Waals surface area (Å²) in [5.41, 5.74) is 2.14. The number of carbonyl (C=O) groups is 2. The van der Waals surface area contributed by atoms with E-state index in [2.05, 4.69) is 5.43 Å². The Morgan fingerprint density at radius 3 is 2.77 bits per heavy atom. The minimum atomic E-state index is -0.256. The first-order chi connectivity index (χ1) is 10.7. The maximum atomic E-state index is 12.2. The van der Waals surface area contributed by atoms with Gasteiger partial charge < -0.3 is 14.4 Å². The molecule has 1 aromatic carbocycles. The van der Waals surface area contributed by atoms with Gasteiger partial charge in [0.1, 0.15) is 0 Å². The van der Waals surface area contributed by atoms with Crippen molar-refractivity contribution in [3.05, 3.63) is 24.3 Å². The van der Waals surface area contributed by atoms with Crippen molar-refractivity contribution in [1.82, 2.24) is 10.3 Å². The van der Waals surface area contributed by atoms with Crippen LogP contribution in [0.2, 0.25) is 0 Å². The maximum absolute atomic E-state index is 12.2. The first-order valence-electron chi connectivity index (χ1n) is 7.19. The lowest BCUT2D eigenvalue weighted by atomic mass is 9.97. The van der Waals surface area contributed by atoms with Crippen molar-refractivity contribution in [1.29, 1.82) is 0 Å². The van der Waals surface area contributed by atoms with Crippen molar-refractivity contribution >= 4 is 11.8 Å². The number of likely N-dealkylation sites (tertiary alicyclic amines) is 1. The number of para-hydroxylation sites is 2. The van der Waals surface area contributed by atoms with Gasteiger partial charge in [0, 0.05) is 13.1 Å². The molecule has 1 unspecified atom stereocenters. The number of hydrogen-bond donors (Lipinski definition) is 2. The van der Waals surface area contributed by atoms with E-state index in [1.165, 1.54) is 0 Å². The monoisotopic (exact) mass is 307 g/mol. The predicted molar refractivity (Wildman–Crippen MR) is 80.1 cm³/mol. The van der Waals surface area contributed by atoms with Crippen molar-refractivity contribution in [2.45, 2.75) is 12.8 Å². The summed E-state index contributed by atoms with van der Waals surface area (Å²) in [5.74, 6) is 5.61. The van der Waals surface area contributed by atoms with Crippen molar-refractivity contribution in [2.75, 3.05) is 26.8 Å². The summed E-state index contributed by atoms with van der Waals surface area (Å²) in [5, 5.41) is 0. The first kappa shape index (κ1) is 16.1. The molecule has 0 bridgehead atoms. The van der Waals surface area contributed by atoms with E-state index in [-0.39, 0.29) is 24.3 Å². The molecule has 0 radical (unpaired) electrons. The lowest BCUT2D eigenvalue weighted by Gasteiger charge is -2.31. The fraction of sp³-hybridized carbons (Fsp3) is 0.467. The number of carbonyl (C=O) groups excluding carboxylic acids is 2. The molecule has 120 valence electrons. The van der Waals surface area contributed by atoms with Crippen molar-refractivity contribution in [2.24, 2.45) is 11.8 Å². The number of benzene rings is 1. The summed E-state index contributed by atoms with van der Waals surface area (Å²) in [6, 6.07) is 7.15. The van der Waals surface area contributed by atoms with Gasteiger partial charge in [-0.1, -0.05) is 12.1 Å². The quantitative estimate of drug-likeness (QED) is 0.464. The molecule has 1 aliphatic heterocycles. The van der Waals surface area contributed by atoms with Gasteiger partial charge in [-0.05, 0) is 25.0 Å². The molecule has 0 saturated carbocycles. The van der Waals surface area contributed by atoms with Gasteiger partial charge in [-0.25, -0.2) is 5.84 Å². The second kappa shape index (κ2) is 7.65. The Labute approximate surface area is 129 Å². The van der Waals surface area contributed by atoms with E-state index >= 15 is 0 Å². The zero-order chi connectivity index (χ0) is 15.9. The minimum Gasteiger partial charge on any atom is -0.493 e. The van der Waals surface area contributed by atoms with Gasteiger partial charge in [0.2, 0.25) is 5.91 Å². The second-order valence-corrected chi connectivity index (χ2v) is 5.13. The molecular formula is C15H21N3O4. The number of nitrogens with two attached hydrogens (primary N) is 1. The van der Waals surface area contributed by atoms with Crippen LogP contribution in [-0.2, 0) is 9.59 Å². The Bertz CT molecular complexity index is 535. The van der Waals surface area contributed by atoms with Gasteiger partial charge in [-0.3, -0.25) is 15.0 Å². The average molecular weight is 307 g/mol. The first-order valence-corrected chi connectivity index (χ1v) is 7.19. The molecule has 1 heterocycles. The Hall–Kier alpha value is -2.28. The van der Waals surface area contributed by atoms with Crippen LogP contribution in [0.25, 0.3) is 0 Å². The van der Waals surface area contributed by atoms with Gasteiger partial charge in [0.25, 0.3) is 5.91 Å². The largest absolute Gasteiger partial charge is 0.493 e. The third kappa shape index (κ3) is 3.88. The summed E-state index contributed by atoms with van der Waals surface area (Å²) >= 11 is 0. The SMILES string of the molecule is COc1ccccc1OCC(=O)N1CCCC(C(=O)NN)C1. The Morgan fingerprint density at radius 2 is 2.09 bits per heavy atom. The van der Waals surface area contributed by atoms with Crippen LogP contribution in [0.1, 0.15) is 12.8 Å².